The quantitative estimate of drug-likeness (QED) is 0.582. The van der Waals surface area contributed by atoms with Crippen LogP contribution < -0.4 is 0 Å². The second kappa shape index (κ2) is 4.10. The Bertz CT molecular complexity index is 179. The minimum Gasteiger partial charge on any atom is -0.0827 e. The molecule has 1 heteroatoms. The smallest absolute Gasteiger partial charge is 0.0183 e. The fourth-order valence-corrected chi connectivity index (χ4v) is 2.28. The van der Waals surface area contributed by atoms with Gasteiger partial charge in [-0.15, -0.1) is 0 Å². The van der Waals surface area contributed by atoms with Crippen molar-refractivity contribution < 1.29 is 0 Å². The van der Waals surface area contributed by atoms with Crippen molar-refractivity contribution in [1.29, 1.82) is 0 Å². The monoisotopic (exact) mass is 214 g/mol. The minimum atomic E-state index is 0.759. The number of hydrogen-bond acceptors (Lipinski definition) is 0. The molecule has 0 aromatic heterocycles. The highest BCUT2D eigenvalue weighted by Crippen LogP contribution is 2.28. The Labute approximate surface area is 77.5 Å². The van der Waals surface area contributed by atoms with E-state index in [1.165, 1.54) is 12.8 Å². The molecule has 11 heavy (non-hydrogen) atoms. The van der Waals surface area contributed by atoms with Crippen LogP contribution in [0.5, 0.6) is 0 Å². The van der Waals surface area contributed by atoms with Crippen molar-refractivity contribution in [1.82, 2.24) is 0 Å². The maximum absolute atomic E-state index is 3.32. The van der Waals surface area contributed by atoms with E-state index >= 15 is 0 Å². The molecular weight excluding hydrogens is 200 g/mol. The molecule has 0 aliphatic heterocycles. The first-order chi connectivity index (χ1) is 5.22. The van der Waals surface area contributed by atoms with Crippen LogP contribution in [0.1, 0.15) is 26.7 Å². The Hall–Kier alpha value is -0.0400. The van der Waals surface area contributed by atoms with Crippen LogP contribution in [0.4, 0.5) is 0 Å². The van der Waals surface area contributed by atoms with E-state index in [4.69, 9.17) is 0 Å². The molecule has 2 atom stereocenters. The van der Waals surface area contributed by atoms with Crippen molar-refractivity contribution in [2.75, 3.05) is 0 Å². The fourth-order valence-electron chi connectivity index (χ4n) is 1.85. The molecule has 0 N–H and O–H groups in total. The highest BCUT2D eigenvalue weighted by molar-refractivity contribution is 9.11. The molecule has 0 bridgehead atoms. The van der Waals surface area contributed by atoms with Crippen molar-refractivity contribution in [3.05, 3.63) is 22.7 Å². The van der Waals surface area contributed by atoms with Gasteiger partial charge in [-0.3, -0.25) is 0 Å². The summed E-state index contributed by atoms with van der Waals surface area (Å²) in [7, 11) is 0. The van der Waals surface area contributed by atoms with Crippen LogP contribution in [0, 0.1) is 11.8 Å². The van der Waals surface area contributed by atoms with Gasteiger partial charge in [0.05, 0.1) is 0 Å². The molecule has 1 rings (SSSR count). The fraction of sp³-hybridized carbons (Fsp3) is 0.600. The molecule has 62 valence electrons. The van der Waals surface area contributed by atoms with E-state index in [-0.39, 0.29) is 0 Å². The lowest BCUT2D eigenvalue weighted by molar-refractivity contribution is 0.475. The summed E-state index contributed by atoms with van der Waals surface area (Å²) in [5.74, 6) is 1.52. The van der Waals surface area contributed by atoms with Gasteiger partial charge in [0.25, 0.3) is 0 Å². The standard InChI is InChI=1S/C10H15Br/c1-8-5-9(2)7-10(6-8)3-4-11/h3-5,8,10H,6-7H2,1-2H3/b4-3+. The zero-order valence-electron chi connectivity index (χ0n) is 7.18. The third-order valence-corrected chi connectivity index (χ3v) is 2.48. The first kappa shape index (κ1) is 9.05. The molecule has 0 spiro atoms. The van der Waals surface area contributed by atoms with Gasteiger partial charge in [-0.25, -0.2) is 0 Å². The molecule has 0 aromatic carbocycles. The summed E-state index contributed by atoms with van der Waals surface area (Å²) in [6, 6.07) is 0. The molecule has 0 fully saturated rings. The van der Waals surface area contributed by atoms with Gasteiger partial charge in [0.1, 0.15) is 0 Å². The first-order valence-corrected chi connectivity index (χ1v) is 5.08. The lowest BCUT2D eigenvalue weighted by Crippen LogP contribution is -2.08. The molecule has 0 amide bonds. The highest BCUT2D eigenvalue weighted by atomic mass is 79.9. The van der Waals surface area contributed by atoms with Gasteiger partial charge in [0.2, 0.25) is 0 Å². The van der Waals surface area contributed by atoms with Gasteiger partial charge in [-0.2, -0.15) is 0 Å². The minimum absolute atomic E-state index is 0.759. The molecular formula is C10H15Br. The normalized spacial score (nSPS) is 32.5. The SMILES string of the molecule is CC1=CC(C)CC(/C=C/Br)C1. The molecule has 0 nitrogen and oxygen atoms in total. The van der Waals surface area contributed by atoms with E-state index < -0.39 is 0 Å². The maximum atomic E-state index is 3.32. The van der Waals surface area contributed by atoms with Crippen molar-refractivity contribution in [3.63, 3.8) is 0 Å². The van der Waals surface area contributed by atoms with Gasteiger partial charge >= 0.3 is 0 Å². The summed E-state index contributed by atoms with van der Waals surface area (Å²) in [5, 5.41) is 0. The molecule has 1 aliphatic rings. The van der Waals surface area contributed by atoms with E-state index in [1.54, 1.807) is 5.57 Å². The molecule has 0 aromatic rings. The van der Waals surface area contributed by atoms with Crippen LogP contribution in [0.15, 0.2) is 22.7 Å². The predicted octanol–water partition coefficient (Wildman–Crippen LogP) is 3.89. The van der Waals surface area contributed by atoms with E-state index in [1.807, 2.05) is 4.99 Å². The van der Waals surface area contributed by atoms with E-state index in [0.29, 0.717) is 0 Å². The Morgan fingerprint density at radius 2 is 2.36 bits per heavy atom. The zero-order valence-corrected chi connectivity index (χ0v) is 8.76. The number of hydrogen-bond donors (Lipinski definition) is 0. The molecule has 0 radical (unpaired) electrons. The number of halogens is 1. The van der Waals surface area contributed by atoms with Crippen LogP contribution in [-0.2, 0) is 0 Å². The zero-order chi connectivity index (χ0) is 8.27. The molecule has 0 saturated heterocycles. The Morgan fingerprint density at radius 1 is 1.64 bits per heavy atom. The molecule has 1 aliphatic carbocycles. The van der Waals surface area contributed by atoms with Crippen molar-refractivity contribution in [3.8, 4) is 0 Å². The molecule has 2 unspecified atom stereocenters. The lowest BCUT2D eigenvalue weighted by atomic mass is 9.84. The summed E-state index contributed by atoms with van der Waals surface area (Å²) < 4.78 is 0. The third kappa shape index (κ3) is 2.82. The van der Waals surface area contributed by atoms with E-state index in [9.17, 15) is 0 Å². The van der Waals surface area contributed by atoms with Crippen LogP contribution in [-0.4, -0.2) is 0 Å². The van der Waals surface area contributed by atoms with Gasteiger partial charge in [-0.1, -0.05) is 40.6 Å². The summed E-state index contributed by atoms with van der Waals surface area (Å²) in [5.41, 5.74) is 1.54. The van der Waals surface area contributed by atoms with Crippen LogP contribution in [0.2, 0.25) is 0 Å². The Morgan fingerprint density at radius 3 is 2.91 bits per heavy atom. The van der Waals surface area contributed by atoms with Gasteiger partial charge < -0.3 is 0 Å². The first-order valence-electron chi connectivity index (χ1n) is 4.16. The summed E-state index contributed by atoms with van der Waals surface area (Å²) in [6.07, 6.45) is 7.19. The predicted molar refractivity (Wildman–Crippen MR) is 53.7 cm³/mol. The average Bonchev–Trinajstić information content (AvgIpc) is 1.85. The third-order valence-electron chi connectivity index (χ3n) is 2.17. The second-order valence-corrected chi connectivity index (χ2v) is 4.04. The van der Waals surface area contributed by atoms with Crippen molar-refractivity contribution in [2.45, 2.75) is 26.7 Å². The van der Waals surface area contributed by atoms with Gasteiger partial charge in [-0.05, 0) is 36.6 Å². The topological polar surface area (TPSA) is 0 Å². The maximum Gasteiger partial charge on any atom is -0.0183 e. The summed E-state index contributed by atoms with van der Waals surface area (Å²) in [6.45, 7) is 4.52. The molecule has 0 heterocycles. The number of allylic oxidation sites excluding steroid dienone is 3. The van der Waals surface area contributed by atoms with Crippen LogP contribution in [0.25, 0.3) is 0 Å². The molecule has 0 saturated carbocycles. The summed E-state index contributed by atoms with van der Waals surface area (Å²) >= 11 is 3.32. The van der Waals surface area contributed by atoms with E-state index in [0.717, 1.165) is 11.8 Å². The van der Waals surface area contributed by atoms with Gasteiger partial charge in [0, 0.05) is 0 Å². The highest BCUT2D eigenvalue weighted by Gasteiger charge is 2.14. The summed E-state index contributed by atoms with van der Waals surface area (Å²) in [4.78, 5) is 1.99. The number of rotatable bonds is 1. The van der Waals surface area contributed by atoms with Crippen LogP contribution in [0.3, 0.4) is 0 Å². The largest absolute Gasteiger partial charge is 0.0827 e. The van der Waals surface area contributed by atoms with Crippen molar-refractivity contribution in [2.24, 2.45) is 11.8 Å². The van der Waals surface area contributed by atoms with E-state index in [2.05, 4.69) is 41.9 Å². The van der Waals surface area contributed by atoms with Crippen molar-refractivity contribution >= 4 is 15.9 Å². The lowest BCUT2D eigenvalue weighted by Gasteiger charge is -2.22. The van der Waals surface area contributed by atoms with Gasteiger partial charge in [0.15, 0.2) is 0 Å². The second-order valence-electron chi connectivity index (χ2n) is 3.51. The Kier molecular flexibility index (Phi) is 3.38. The van der Waals surface area contributed by atoms with Crippen LogP contribution >= 0.6 is 15.9 Å². The Balaban J connectivity index is 2.57. The average molecular weight is 215 g/mol.